The summed E-state index contributed by atoms with van der Waals surface area (Å²) in [6.45, 7) is 2.41. The molecule has 17 heavy (non-hydrogen) atoms. The van der Waals surface area contributed by atoms with Crippen molar-refractivity contribution in [3.63, 3.8) is 0 Å². The number of pyridine rings is 1. The maximum absolute atomic E-state index is 11.7. The molecule has 2 unspecified atom stereocenters. The topological polar surface area (TPSA) is 59.1 Å². The smallest absolute Gasteiger partial charge is 0.269 e. The Morgan fingerprint density at radius 1 is 1.59 bits per heavy atom. The summed E-state index contributed by atoms with van der Waals surface area (Å²) in [6.07, 6.45) is 2.37. The first-order valence-corrected chi connectivity index (χ1v) is 7.65. The SMILES string of the molecule is CC(CCNC(=O)c1cccc(Br)n1)S(C)=O. The second-order valence-electron chi connectivity index (χ2n) is 3.70. The third-order valence-corrected chi connectivity index (χ3v) is 4.16. The van der Waals surface area contributed by atoms with Gasteiger partial charge >= 0.3 is 0 Å². The van der Waals surface area contributed by atoms with E-state index >= 15 is 0 Å². The molecule has 1 aromatic rings. The molecule has 1 rings (SSSR count). The maximum atomic E-state index is 11.7. The minimum atomic E-state index is -0.848. The average Bonchev–Trinajstić information content (AvgIpc) is 2.28. The van der Waals surface area contributed by atoms with Crippen molar-refractivity contribution in [2.24, 2.45) is 0 Å². The molecular weight excluding hydrogens is 304 g/mol. The van der Waals surface area contributed by atoms with E-state index in [9.17, 15) is 9.00 Å². The van der Waals surface area contributed by atoms with Crippen LogP contribution in [0.25, 0.3) is 0 Å². The molecule has 1 amide bonds. The van der Waals surface area contributed by atoms with Crippen molar-refractivity contribution in [1.82, 2.24) is 10.3 Å². The second kappa shape index (κ2) is 6.86. The van der Waals surface area contributed by atoms with Gasteiger partial charge in [0.25, 0.3) is 5.91 Å². The Morgan fingerprint density at radius 2 is 2.29 bits per heavy atom. The van der Waals surface area contributed by atoms with Crippen LogP contribution in [0.3, 0.4) is 0 Å². The van der Waals surface area contributed by atoms with Gasteiger partial charge in [0.2, 0.25) is 0 Å². The number of halogens is 1. The van der Waals surface area contributed by atoms with Crippen molar-refractivity contribution in [2.75, 3.05) is 12.8 Å². The Bertz CT molecular complexity index is 426. The predicted molar refractivity (Wildman–Crippen MR) is 72.4 cm³/mol. The second-order valence-corrected chi connectivity index (χ2v) is 6.31. The van der Waals surface area contributed by atoms with Gasteiger partial charge < -0.3 is 5.32 Å². The van der Waals surface area contributed by atoms with E-state index < -0.39 is 10.8 Å². The van der Waals surface area contributed by atoms with Crippen LogP contribution in [-0.4, -0.2) is 33.2 Å². The van der Waals surface area contributed by atoms with Crippen LogP contribution in [0.5, 0.6) is 0 Å². The highest BCUT2D eigenvalue weighted by molar-refractivity contribution is 9.10. The highest BCUT2D eigenvalue weighted by Crippen LogP contribution is 2.06. The average molecular weight is 319 g/mol. The van der Waals surface area contributed by atoms with E-state index in [0.29, 0.717) is 23.3 Å². The van der Waals surface area contributed by atoms with E-state index in [2.05, 4.69) is 26.2 Å². The fourth-order valence-electron chi connectivity index (χ4n) is 1.18. The monoisotopic (exact) mass is 318 g/mol. The molecule has 0 bridgehead atoms. The van der Waals surface area contributed by atoms with E-state index in [-0.39, 0.29) is 11.2 Å². The Morgan fingerprint density at radius 3 is 2.88 bits per heavy atom. The first-order chi connectivity index (χ1) is 8.00. The van der Waals surface area contributed by atoms with Gasteiger partial charge in [0, 0.05) is 28.9 Å². The molecule has 0 saturated heterocycles. The number of aromatic nitrogens is 1. The van der Waals surface area contributed by atoms with Crippen molar-refractivity contribution in [3.8, 4) is 0 Å². The van der Waals surface area contributed by atoms with Gasteiger partial charge in [-0.15, -0.1) is 0 Å². The molecule has 0 spiro atoms. The first kappa shape index (κ1) is 14.3. The van der Waals surface area contributed by atoms with Crippen LogP contribution in [0.1, 0.15) is 23.8 Å². The van der Waals surface area contributed by atoms with E-state index in [4.69, 9.17) is 0 Å². The summed E-state index contributed by atoms with van der Waals surface area (Å²) >= 11 is 3.21. The summed E-state index contributed by atoms with van der Waals surface area (Å²) in [5.74, 6) is -0.208. The minimum absolute atomic E-state index is 0.0887. The largest absolute Gasteiger partial charge is 0.351 e. The lowest BCUT2D eigenvalue weighted by molar-refractivity contribution is 0.0948. The van der Waals surface area contributed by atoms with Crippen LogP contribution in [0, 0.1) is 0 Å². The van der Waals surface area contributed by atoms with Gasteiger partial charge in [0.1, 0.15) is 10.3 Å². The lowest BCUT2D eigenvalue weighted by atomic mass is 10.3. The number of rotatable bonds is 5. The molecule has 2 atom stereocenters. The van der Waals surface area contributed by atoms with Gasteiger partial charge in [-0.2, -0.15) is 0 Å². The predicted octanol–water partition coefficient (Wildman–Crippen LogP) is 1.73. The number of hydrogen-bond acceptors (Lipinski definition) is 3. The fraction of sp³-hybridized carbons (Fsp3) is 0.455. The van der Waals surface area contributed by atoms with Gasteiger partial charge in [-0.1, -0.05) is 13.0 Å². The minimum Gasteiger partial charge on any atom is -0.351 e. The zero-order valence-corrected chi connectivity index (χ0v) is 12.2. The van der Waals surface area contributed by atoms with E-state index in [1.165, 1.54) is 0 Å². The summed E-state index contributed by atoms with van der Waals surface area (Å²) in [7, 11) is -0.848. The molecule has 0 aliphatic heterocycles. The zero-order valence-electron chi connectivity index (χ0n) is 9.77. The van der Waals surface area contributed by atoms with Crippen molar-refractivity contribution in [1.29, 1.82) is 0 Å². The van der Waals surface area contributed by atoms with Crippen molar-refractivity contribution in [2.45, 2.75) is 18.6 Å². The first-order valence-electron chi connectivity index (χ1n) is 5.23. The van der Waals surface area contributed by atoms with Crippen LogP contribution in [0.4, 0.5) is 0 Å². The molecular formula is C11H15BrN2O2S. The summed E-state index contributed by atoms with van der Waals surface area (Å²) in [6, 6.07) is 5.18. The van der Waals surface area contributed by atoms with Crippen LogP contribution in [0.2, 0.25) is 0 Å². The van der Waals surface area contributed by atoms with Gasteiger partial charge in [0.15, 0.2) is 0 Å². The molecule has 1 aromatic heterocycles. The molecule has 0 fully saturated rings. The number of nitrogens with one attached hydrogen (secondary N) is 1. The summed E-state index contributed by atoms with van der Waals surface area (Å²) in [5, 5.41) is 2.84. The quantitative estimate of drug-likeness (QED) is 0.841. The summed E-state index contributed by atoms with van der Waals surface area (Å²) < 4.78 is 11.7. The van der Waals surface area contributed by atoms with Crippen molar-refractivity contribution in [3.05, 3.63) is 28.5 Å². The third-order valence-electron chi connectivity index (χ3n) is 2.35. The summed E-state index contributed by atoms with van der Waals surface area (Å²) in [4.78, 5) is 15.7. The van der Waals surface area contributed by atoms with Crippen molar-refractivity contribution < 1.29 is 9.00 Å². The molecule has 0 aliphatic rings. The van der Waals surface area contributed by atoms with Gasteiger partial charge in [-0.05, 0) is 34.5 Å². The molecule has 1 N–H and O–H groups in total. The van der Waals surface area contributed by atoms with Crippen LogP contribution < -0.4 is 5.32 Å². The van der Waals surface area contributed by atoms with Gasteiger partial charge in [-0.25, -0.2) is 4.98 Å². The molecule has 94 valence electrons. The van der Waals surface area contributed by atoms with E-state index in [1.807, 2.05) is 6.92 Å². The number of carbonyl (C=O) groups is 1. The molecule has 0 radical (unpaired) electrons. The summed E-state index contributed by atoms with van der Waals surface area (Å²) in [5.41, 5.74) is 0.379. The number of nitrogens with zero attached hydrogens (tertiary/aromatic N) is 1. The van der Waals surface area contributed by atoms with Crippen LogP contribution >= 0.6 is 15.9 Å². The van der Waals surface area contributed by atoms with Crippen molar-refractivity contribution >= 4 is 32.6 Å². The molecule has 0 saturated carbocycles. The molecule has 0 aromatic carbocycles. The Hall–Kier alpha value is -0.750. The molecule has 0 aliphatic carbocycles. The Kier molecular flexibility index (Phi) is 5.77. The van der Waals surface area contributed by atoms with Crippen LogP contribution in [0.15, 0.2) is 22.8 Å². The highest BCUT2D eigenvalue weighted by atomic mass is 79.9. The van der Waals surface area contributed by atoms with Gasteiger partial charge in [-0.3, -0.25) is 9.00 Å². The Balaban J connectivity index is 2.43. The maximum Gasteiger partial charge on any atom is 0.269 e. The van der Waals surface area contributed by atoms with E-state index in [1.54, 1.807) is 24.5 Å². The number of amides is 1. The molecule has 4 nitrogen and oxygen atoms in total. The fourth-order valence-corrected chi connectivity index (χ4v) is 1.97. The van der Waals surface area contributed by atoms with Crippen LogP contribution in [-0.2, 0) is 10.8 Å². The zero-order chi connectivity index (χ0) is 12.8. The lowest BCUT2D eigenvalue weighted by Crippen LogP contribution is -2.28. The lowest BCUT2D eigenvalue weighted by Gasteiger charge is -2.09. The van der Waals surface area contributed by atoms with E-state index in [0.717, 1.165) is 0 Å². The highest BCUT2D eigenvalue weighted by Gasteiger charge is 2.09. The van der Waals surface area contributed by atoms with Gasteiger partial charge in [0.05, 0.1) is 0 Å². The molecule has 1 heterocycles. The molecule has 6 heteroatoms. The number of hydrogen-bond donors (Lipinski definition) is 1. The number of carbonyl (C=O) groups excluding carboxylic acids is 1. The normalized spacial score (nSPS) is 14.1. The standard InChI is InChI=1S/C11H15BrN2O2S/c1-8(17(2)16)6-7-13-11(15)9-4-3-5-10(12)14-9/h3-5,8H,6-7H2,1-2H3,(H,13,15). The Labute approximate surface area is 112 Å². The third kappa shape index (κ3) is 4.95.